The molecule has 3 rings (SSSR count). The highest BCUT2D eigenvalue weighted by molar-refractivity contribution is 6.02. The van der Waals surface area contributed by atoms with Crippen LogP contribution in [0.5, 0.6) is 5.75 Å². The normalized spacial score (nSPS) is 18.0. The Labute approximate surface area is 169 Å². The van der Waals surface area contributed by atoms with E-state index in [4.69, 9.17) is 4.74 Å². The molecule has 2 aromatic rings. The first kappa shape index (κ1) is 21.5. The zero-order chi connectivity index (χ0) is 22.0. The fourth-order valence-corrected chi connectivity index (χ4v) is 2.93. The molecule has 0 spiro atoms. The number of guanidine groups is 1. The molecule has 1 fully saturated rings. The summed E-state index contributed by atoms with van der Waals surface area (Å²) in [5.41, 5.74) is 0.668. The molecule has 1 aliphatic rings. The second-order valence-corrected chi connectivity index (χ2v) is 6.65. The van der Waals surface area contributed by atoms with Crippen molar-refractivity contribution in [3.63, 3.8) is 0 Å². The molecule has 1 aliphatic heterocycles. The molecule has 2 aromatic carbocycles. The molecule has 1 saturated heterocycles. The Balaban J connectivity index is 1.98. The smallest absolute Gasteiger partial charge is 0.263 e. The van der Waals surface area contributed by atoms with E-state index in [0.29, 0.717) is 5.56 Å². The molecular weight excluding hydrogens is 409 g/mol. The highest BCUT2D eigenvalue weighted by atomic mass is 19.2. The number of aliphatic imine (C=N–C) groups is 1. The van der Waals surface area contributed by atoms with Crippen LogP contribution in [-0.4, -0.2) is 36.1 Å². The lowest BCUT2D eigenvalue weighted by atomic mass is 10.1. The van der Waals surface area contributed by atoms with E-state index in [-0.39, 0.29) is 36.1 Å². The first-order chi connectivity index (χ1) is 14.2. The van der Waals surface area contributed by atoms with Gasteiger partial charge >= 0.3 is 0 Å². The molecule has 30 heavy (non-hydrogen) atoms. The fourth-order valence-electron chi connectivity index (χ4n) is 2.93. The van der Waals surface area contributed by atoms with Crippen molar-refractivity contribution in [2.45, 2.75) is 26.6 Å². The molecular formula is C20H18F5N3O2. The minimum Gasteiger partial charge on any atom is -0.491 e. The van der Waals surface area contributed by atoms with Crippen LogP contribution in [-0.2, 0) is 11.3 Å². The molecule has 1 heterocycles. The summed E-state index contributed by atoms with van der Waals surface area (Å²) in [6, 6.07) is 4.07. The number of nitrogens with zero attached hydrogens (tertiary/aromatic N) is 2. The Kier molecular flexibility index (Phi) is 6.23. The average molecular weight is 427 g/mol. The van der Waals surface area contributed by atoms with Crippen LogP contribution in [0.25, 0.3) is 0 Å². The van der Waals surface area contributed by atoms with Crippen LogP contribution >= 0.6 is 0 Å². The van der Waals surface area contributed by atoms with Crippen LogP contribution in [0.15, 0.2) is 29.3 Å². The van der Waals surface area contributed by atoms with E-state index in [1.807, 2.05) is 0 Å². The number of halogens is 5. The first-order valence-electron chi connectivity index (χ1n) is 9.04. The number of ether oxygens (including phenoxy) is 1. The second kappa shape index (κ2) is 8.68. The van der Waals surface area contributed by atoms with Gasteiger partial charge in [-0.1, -0.05) is 0 Å². The second-order valence-electron chi connectivity index (χ2n) is 6.65. The Morgan fingerprint density at radius 3 is 2.43 bits per heavy atom. The van der Waals surface area contributed by atoms with E-state index in [0.717, 1.165) is 12.1 Å². The maximum absolute atomic E-state index is 14.0. The summed E-state index contributed by atoms with van der Waals surface area (Å²) in [6.07, 6.45) is -1.91. The summed E-state index contributed by atoms with van der Waals surface area (Å²) < 4.78 is 73.4. The van der Waals surface area contributed by atoms with Crippen molar-refractivity contribution in [3.05, 3.63) is 58.7 Å². The molecule has 160 valence electrons. The number of amides is 1. The van der Waals surface area contributed by atoms with Gasteiger partial charge in [0, 0.05) is 12.6 Å². The van der Waals surface area contributed by atoms with Gasteiger partial charge in [0.25, 0.3) is 5.91 Å². The Bertz CT molecular complexity index is 989. The number of hydrogen-bond donors (Lipinski definition) is 1. The van der Waals surface area contributed by atoms with Crippen molar-refractivity contribution in [1.29, 1.82) is 0 Å². The lowest BCUT2D eigenvalue weighted by Gasteiger charge is -2.32. The third kappa shape index (κ3) is 4.52. The van der Waals surface area contributed by atoms with Crippen LogP contribution in [0.3, 0.4) is 0 Å². The molecule has 0 radical (unpaired) electrons. The van der Waals surface area contributed by atoms with E-state index in [9.17, 15) is 26.7 Å². The lowest BCUT2D eigenvalue weighted by Crippen LogP contribution is -2.56. The molecule has 1 unspecified atom stereocenters. The number of benzene rings is 2. The maximum Gasteiger partial charge on any atom is 0.263 e. The number of aryl methyl sites for hydroxylation is 1. The summed E-state index contributed by atoms with van der Waals surface area (Å²) in [5, 5.41) is 2.28. The van der Waals surface area contributed by atoms with E-state index >= 15 is 0 Å². The monoisotopic (exact) mass is 427 g/mol. The van der Waals surface area contributed by atoms with Gasteiger partial charge in [-0.25, -0.2) is 26.9 Å². The van der Waals surface area contributed by atoms with Crippen LogP contribution in [0, 0.1) is 30.2 Å². The number of alkyl halides is 1. The zero-order valence-electron chi connectivity index (χ0n) is 16.1. The molecule has 0 bridgehead atoms. The maximum atomic E-state index is 14.0. The Morgan fingerprint density at radius 1 is 1.13 bits per heavy atom. The van der Waals surface area contributed by atoms with Crippen LogP contribution < -0.4 is 10.1 Å². The van der Waals surface area contributed by atoms with Gasteiger partial charge in [0.05, 0.1) is 18.8 Å². The summed E-state index contributed by atoms with van der Waals surface area (Å²) in [5.74, 6) is -6.09. The largest absolute Gasteiger partial charge is 0.491 e. The Hall–Kier alpha value is -3.17. The highest BCUT2D eigenvalue weighted by Gasteiger charge is 2.31. The quantitative estimate of drug-likeness (QED) is 0.582. The van der Waals surface area contributed by atoms with Crippen molar-refractivity contribution < 1.29 is 31.5 Å². The van der Waals surface area contributed by atoms with Gasteiger partial charge < -0.3 is 9.64 Å². The number of rotatable bonds is 5. The van der Waals surface area contributed by atoms with Crippen molar-refractivity contribution in [3.8, 4) is 5.75 Å². The standard InChI is InChI=1S/C20H18F5N3O2/c1-3-30-17-7-16(10(2)4-12(17)21)26-20-27-19(29)15(24)9-28(20)8-11-5-13(22)18(25)14(23)6-11/h4-7,15H,3,8-9H2,1-2H3,(H,26,27,29). The molecule has 1 amide bonds. The van der Waals surface area contributed by atoms with Gasteiger partial charge in [0.1, 0.15) is 0 Å². The van der Waals surface area contributed by atoms with E-state index < -0.39 is 41.9 Å². The van der Waals surface area contributed by atoms with Crippen LogP contribution in [0.2, 0.25) is 0 Å². The average Bonchev–Trinajstić information content (AvgIpc) is 2.67. The summed E-state index contributed by atoms with van der Waals surface area (Å²) >= 11 is 0. The van der Waals surface area contributed by atoms with Crippen molar-refractivity contribution in [2.24, 2.45) is 4.99 Å². The molecule has 0 aromatic heterocycles. The van der Waals surface area contributed by atoms with Crippen LogP contribution in [0.1, 0.15) is 18.1 Å². The van der Waals surface area contributed by atoms with Crippen molar-refractivity contribution in [1.82, 2.24) is 10.2 Å². The van der Waals surface area contributed by atoms with Gasteiger partial charge in [0.15, 0.2) is 35.2 Å². The van der Waals surface area contributed by atoms with E-state index in [2.05, 4.69) is 10.3 Å². The van der Waals surface area contributed by atoms with Gasteiger partial charge in [-0.3, -0.25) is 10.1 Å². The van der Waals surface area contributed by atoms with E-state index in [1.54, 1.807) is 13.8 Å². The molecule has 0 aliphatic carbocycles. The van der Waals surface area contributed by atoms with E-state index in [1.165, 1.54) is 17.0 Å². The highest BCUT2D eigenvalue weighted by Crippen LogP contribution is 2.29. The number of carbonyl (C=O) groups excluding carboxylic acids is 1. The number of hydrogen-bond acceptors (Lipinski definition) is 3. The summed E-state index contributed by atoms with van der Waals surface area (Å²) in [4.78, 5) is 17.3. The SMILES string of the molecule is CCOc1cc(N=C2NC(=O)C(F)CN2Cc2cc(F)c(F)c(F)c2)c(C)cc1F. The van der Waals surface area contributed by atoms with Gasteiger partial charge in [-0.05, 0) is 43.2 Å². The lowest BCUT2D eigenvalue weighted by molar-refractivity contribution is -0.126. The topological polar surface area (TPSA) is 53.9 Å². The molecule has 1 atom stereocenters. The van der Waals surface area contributed by atoms with Crippen LogP contribution in [0.4, 0.5) is 27.6 Å². The molecule has 5 nitrogen and oxygen atoms in total. The summed E-state index contributed by atoms with van der Waals surface area (Å²) in [6.45, 7) is 2.77. The molecule has 1 N–H and O–H groups in total. The Morgan fingerprint density at radius 2 is 1.80 bits per heavy atom. The van der Waals surface area contributed by atoms with Crippen molar-refractivity contribution >= 4 is 17.6 Å². The summed E-state index contributed by atoms with van der Waals surface area (Å²) in [7, 11) is 0. The third-order valence-corrected chi connectivity index (χ3v) is 4.39. The van der Waals surface area contributed by atoms with Gasteiger partial charge in [0.2, 0.25) is 5.96 Å². The molecule has 10 heteroatoms. The minimum absolute atomic E-state index is 0.00767. The predicted molar refractivity (Wildman–Crippen MR) is 99.2 cm³/mol. The third-order valence-electron chi connectivity index (χ3n) is 4.39. The van der Waals surface area contributed by atoms with Gasteiger partial charge in [-0.15, -0.1) is 0 Å². The first-order valence-corrected chi connectivity index (χ1v) is 9.04. The van der Waals surface area contributed by atoms with Gasteiger partial charge in [-0.2, -0.15) is 0 Å². The number of carbonyl (C=O) groups is 1. The fraction of sp³-hybridized carbons (Fsp3) is 0.300. The predicted octanol–water partition coefficient (Wildman–Crippen LogP) is 3.91. The zero-order valence-corrected chi connectivity index (χ0v) is 16.1. The number of nitrogens with one attached hydrogen (secondary N) is 1. The minimum atomic E-state index is -1.91. The van der Waals surface area contributed by atoms with Crippen molar-refractivity contribution in [2.75, 3.05) is 13.2 Å². The molecule has 0 saturated carbocycles.